The summed E-state index contributed by atoms with van der Waals surface area (Å²) in [5.41, 5.74) is 0.655. The molecule has 1 aromatic rings. The second-order valence-corrected chi connectivity index (χ2v) is 5.64. The molecule has 0 spiro atoms. The fraction of sp³-hybridized carbons (Fsp3) is 0.600. The summed E-state index contributed by atoms with van der Waals surface area (Å²) in [6.45, 7) is 3.70. The van der Waals surface area contributed by atoms with Crippen LogP contribution >= 0.6 is 0 Å². The second-order valence-electron chi connectivity index (χ2n) is 5.64. The predicted octanol–water partition coefficient (Wildman–Crippen LogP) is 0.989. The maximum absolute atomic E-state index is 9.63. The Morgan fingerprint density at radius 3 is 2.70 bits per heavy atom. The lowest BCUT2D eigenvalue weighted by Crippen LogP contribution is -2.44. The van der Waals surface area contributed by atoms with Gasteiger partial charge in [0.2, 0.25) is 0 Å². The number of β-amino-alcohol motifs (C(OH)–C–C–N with tert-alkyl or cyclic N) is 1. The van der Waals surface area contributed by atoms with Crippen LogP contribution in [0, 0.1) is 11.3 Å². The lowest BCUT2D eigenvalue weighted by Gasteiger charge is -2.37. The molecule has 2 aliphatic rings. The number of hydrogen-bond acceptors (Lipinski definition) is 5. The van der Waals surface area contributed by atoms with Crippen molar-refractivity contribution in [2.45, 2.75) is 31.4 Å². The number of hydrogen-bond donors (Lipinski definition) is 1. The summed E-state index contributed by atoms with van der Waals surface area (Å²) < 4.78 is 0. The molecule has 2 fully saturated rings. The first-order chi connectivity index (χ1) is 9.78. The van der Waals surface area contributed by atoms with Crippen molar-refractivity contribution in [1.29, 1.82) is 5.26 Å². The van der Waals surface area contributed by atoms with Crippen LogP contribution in [0.4, 0.5) is 5.82 Å². The van der Waals surface area contributed by atoms with Crippen molar-refractivity contribution in [3.63, 3.8) is 0 Å². The van der Waals surface area contributed by atoms with Crippen molar-refractivity contribution in [3.05, 3.63) is 23.9 Å². The Hall–Kier alpha value is -1.64. The van der Waals surface area contributed by atoms with Gasteiger partial charge in [0, 0.05) is 38.4 Å². The van der Waals surface area contributed by atoms with Gasteiger partial charge in [-0.3, -0.25) is 4.90 Å². The normalized spacial score (nSPS) is 24.8. The molecule has 3 rings (SSSR count). The molecule has 0 aliphatic carbocycles. The Morgan fingerprint density at radius 1 is 1.25 bits per heavy atom. The number of nitrogens with zero attached hydrogens (tertiary/aromatic N) is 4. The average molecular weight is 272 g/mol. The largest absolute Gasteiger partial charge is 0.392 e. The van der Waals surface area contributed by atoms with E-state index in [2.05, 4.69) is 20.9 Å². The van der Waals surface area contributed by atoms with Crippen LogP contribution in [-0.4, -0.2) is 53.3 Å². The first-order valence-electron chi connectivity index (χ1n) is 7.30. The van der Waals surface area contributed by atoms with E-state index in [1.165, 1.54) is 0 Å². The molecule has 1 N–H and O–H groups in total. The van der Waals surface area contributed by atoms with Gasteiger partial charge < -0.3 is 10.0 Å². The van der Waals surface area contributed by atoms with Crippen molar-refractivity contribution >= 4 is 5.82 Å². The van der Waals surface area contributed by atoms with Crippen LogP contribution in [0.25, 0.3) is 0 Å². The number of pyridine rings is 1. The lowest BCUT2D eigenvalue weighted by molar-refractivity contribution is 0.148. The molecule has 5 heteroatoms. The van der Waals surface area contributed by atoms with Crippen LogP contribution in [0.1, 0.15) is 24.8 Å². The topological polar surface area (TPSA) is 63.4 Å². The highest BCUT2D eigenvalue weighted by molar-refractivity contribution is 5.53. The van der Waals surface area contributed by atoms with Gasteiger partial charge in [0.05, 0.1) is 11.7 Å². The van der Waals surface area contributed by atoms with Crippen LogP contribution in [0.15, 0.2) is 18.3 Å². The summed E-state index contributed by atoms with van der Waals surface area (Å²) in [5, 5.41) is 18.8. The molecule has 20 heavy (non-hydrogen) atoms. The quantitative estimate of drug-likeness (QED) is 0.870. The monoisotopic (exact) mass is 272 g/mol. The third-order valence-electron chi connectivity index (χ3n) is 4.38. The van der Waals surface area contributed by atoms with Gasteiger partial charge in [-0.05, 0) is 31.4 Å². The Labute approximate surface area is 119 Å². The van der Waals surface area contributed by atoms with Gasteiger partial charge in [0.15, 0.2) is 0 Å². The number of anilines is 1. The Kier molecular flexibility index (Phi) is 3.86. The number of likely N-dealkylation sites (tertiary alicyclic amines) is 1. The van der Waals surface area contributed by atoms with Crippen LogP contribution < -0.4 is 4.90 Å². The molecule has 5 nitrogen and oxygen atoms in total. The summed E-state index contributed by atoms with van der Waals surface area (Å²) in [4.78, 5) is 8.98. The van der Waals surface area contributed by atoms with Gasteiger partial charge in [-0.2, -0.15) is 5.26 Å². The van der Waals surface area contributed by atoms with Crippen LogP contribution in [-0.2, 0) is 0 Å². The Bertz CT molecular complexity index is 505. The second kappa shape index (κ2) is 5.78. The summed E-state index contributed by atoms with van der Waals surface area (Å²) in [6, 6.07) is 6.42. The fourth-order valence-corrected chi connectivity index (χ4v) is 3.28. The molecule has 0 amide bonds. The Balaban J connectivity index is 1.63. The third kappa shape index (κ3) is 2.62. The minimum Gasteiger partial charge on any atom is -0.392 e. The molecule has 1 atom stereocenters. The highest BCUT2D eigenvalue weighted by atomic mass is 16.3. The van der Waals surface area contributed by atoms with E-state index < -0.39 is 0 Å². The lowest BCUT2D eigenvalue weighted by atomic mass is 10.0. The number of aliphatic hydroxyl groups excluding tert-OH is 1. The van der Waals surface area contributed by atoms with Crippen molar-refractivity contribution in [2.75, 3.05) is 31.1 Å². The number of rotatable bonds is 2. The van der Waals surface area contributed by atoms with Gasteiger partial charge in [0.25, 0.3) is 0 Å². The van der Waals surface area contributed by atoms with E-state index in [1.807, 2.05) is 6.07 Å². The molecule has 0 saturated carbocycles. The number of aliphatic hydroxyl groups is 1. The minimum atomic E-state index is -0.144. The van der Waals surface area contributed by atoms with E-state index in [1.54, 1.807) is 12.3 Å². The van der Waals surface area contributed by atoms with Gasteiger partial charge in [-0.15, -0.1) is 0 Å². The van der Waals surface area contributed by atoms with E-state index >= 15 is 0 Å². The van der Waals surface area contributed by atoms with Gasteiger partial charge in [0.1, 0.15) is 11.9 Å². The zero-order valence-electron chi connectivity index (χ0n) is 11.6. The fourth-order valence-electron chi connectivity index (χ4n) is 3.28. The summed E-state index contributed by atoms with van der Waals surface area (Å²) in [6.07, 6.45) is 4.66. The van der Waals surface area contributed by atoms with Gasteiger partial charge in [-0.25, -0.2) is 4.98 Å². The standard InChI is InChI=1S/C15H20N4O/c16-10-12-2-1-6-17-15(12)18-7-3-13(4-8-18)19-9-5-14(20)11-19/h1-2,6,13-14,20H,3-5,7-9,11H2. The van der Waals surface area contributed by atoms with Gasteiger partial charge in [-0.1, -0.05) is 0 Å². The number of nitriles is 1. The summed E-state index contributed by atoms with van der Waals surface area (Å²) in [7, 11) is 0. The molecule has 2 aliphatic heterocycles. The van der Waals surface area contributed by atoms with Crippen LogP contribution in [0.5, 0.6) is 0 Å². The van der Waals surface area contributed by atoms with Crippen molar-refractivity contribution in [1.82, 2.24) is 9.88 Å². The van der Waals surface area contributed by atoms with Crippen LogP contribution in [0.2, 0.25) is 0 Å². The predicted molar refractivity (Wildman–Crippen MR) is 76.4 cm³/mol. The van der Waals surface area contributed by atoms with E-state index in [0.29, 0.717) is 11.6 Å². The molecule has 0 aromatic carbocycles. The highest BCUT2D eigenvalue weighted by Gasteiger charge is 2.30. The van der Waals surface area contributed by atoms with E-state index in [9.17, 15) is 5.11 Å². The van der Waals surface area contributed by atoms with E-state index in [0.717, 1.165) is 51.3 Å². The van der Waals surface area contributed by atoms with Crippen molar-refractivity contribution in [2.24, 2.45) is 0 Å². The van der Waals surface area contributed by atoms with E-state index in [-0.39, 0.29) is 6.10 Å². The van der Waals surface area contributed by atoms with Crippen molar-refractivity contribution < 1.29 is 5.11 Å². The molecule has 2 saturated heterocycles. The SMILES string of the molecule is N#Cc1cccnc1N1CCC(N2CCC(O)C2)CC1. The van der Waals surface area contributed by atoms with Crippen molar-refractivity contribution in [3.8, 4) is 6.07 Å². The minimum absolute atomic E-state index is 0.144. The smallest absolute Gasteiger partial charge is 0.146 e. The maximum Gasteiger partial charge on any atom is 0.146 e. The highest BCUT2D eigenvalue weighted by Crippen LogP contribution is 2.25. The number of aromatic nitrogens is 1. The first kappa shape index (κ1) is 13.3. The maximum atomic E-state index is 9.63. The third-order valence-corrected chi connectivity index (χ3v) is 4.38. The summed E-state index contributed by atoms with van der Waals surface area (Å²) >= 11 is 0. The van der Waals surface area contributed by atoms with E-state index in [4.69, 9.17) is 5.26 Å². The molecule has 1 aromatic heterocycles. The van der Waals surface area contributed by atoms with Gasteiger partial charge >= 0.3 is 0 Å². The number of piperidine rings is 1. The Morgan fingerprint density at radius 2 is 2.05 bits per heavy atom. The zero-order chi connectivity index (χ0) is 13.9. The average Bonchev–Trinajstić information content (AvgIpc) is 2.94. The first-order valence-corrected chi connectivity index (χ1v) is 7.30. The summed E-state index contributed by atoms with van der Waals surface area (Å²) in [5.74, 6) is 0.815. The zero-order valence-corrected chi connectivity index (χ0v) is 11.6. The molecule has 0 radical (unpaired) electrons. The van der Waals surface area contributed by atoms with Crippen LogP contribution in [0.3, 0.4) is 0 Å². The molecular weight excluding hydrogens is 252 g/mol. The molecule has 0 bridgehead atoms. The molecular formula is C15H20N4O. The molecule has 106 valence electrons. The molecule has 1 unspecified atom stereocenters. The molecule has 3 heterocycles.